The number of nitrogens with zero attached hydrogens (tertiary/aromatic N) is 4. The number of aromatic nitrogens is 1. The quantitative estimate of drug-likeness (QED) is 0.0494. The lowest BCUT2D eigenvalue weighted by Gasteiger charge is -2.35. The van der Waals surface area contributed by atoms with Gasteiger partial charge in [-0.2, -0.15) is 0 Å². The van der Waals surface area contributed by atoms with Gasteiger partial charge in [0.15, 0.2) is 5.78 Å². The molecule has 21 heteroatoms. The summed E-state index contributed by atoms with van der Waals surface area (Å²) in [4.78, 5) is 123. The molecule has 1 aliphatic rings. The number of amides is 3. The summed E-state index contributed by atoms with van der Waals surface area (Å²) in [5.74, 6) is -7.88. The number of para-hydroxylation sites is 1. The number of carbonyl (C=O) groups is 9. The van der Waals surface area contributed by atoms with Crippen LogP contribution in [0.15, 0.2) is 54.7 Å². The molecule has 1 aliphatic heterocycles. The molecule has 0 spiro atoms. The van der Waals surface area contributed by atoms with Gasteiger partial charge in [0.1, 0.15) is 11.8 Å². The summed E-state index contributed by atoms with van der Waals surface area (Å²) in [7, 11) is 0. The van der Waals surface area contributed by atoms with Crippen molar-refractivity contribution >= 4 is 64.1 Å². The zero-order valence-corrected chi connectivity index (χ0v) is 42.3. The molecule has 0 bridgehead atoms. The largest absolute Gasteiger partial charge is 0.480 e. The van der Waals surface area contributed by atoms with Crippen molar-refractivity contribution in [1.82, 2.24) is 35.2 Å². The minimum atomic E-state index is -1.18. The van der Waals surface area contributed by atoms with Crippen LogP contribution in [-0.4, -0.2) is 182 Å². The molecule has 0 saturated carbocycles. The highest BCUT2D eigenvalue weighted by Gasteiger charge is 2.33. The van der Waals surface area contributed by atoms with Crippen LogP contribution in [-0.2, 0) is 62.5 Å². The van der Waals surface area contributed by atoms with Crippen LogP contribution in [0.2, 0.25) is 0 Å². The third-order valence-corrected chi connectivity index (χ3v) is 13.6. The highest BCUT2D eigenvalue weighted by atomic mass is 16.4. The molecule has 9 N–H and O–H groups in total. The Morgan fingerprint density at radius 3 is 1.77 bits per heavy atom. The van der Waals surface area contributed by atoms with Crippen molar-refractivity contribution in [1.29, 1.82) is 0 Å². The molecule has 5 atom stereocenters. The van der Waals surface area contributed by atoms with E-state index < -0.39 is 59.6 Å². The highest BCUT2D eigenvalue weighted by molar-refractivity contribution is 5.93. The van der Waals surface area contributed by atoms with Gasteiger partial charge >= 0.3 is 23.9 Å². The van der Waals surface area contributed by atoms with Crippen LogP contribution in [0.3, 0.4) is 0 Å². The number of hydrogen-bond acceptors (Lipinski definition) is 13. The fourth-order valence-corrected chi connectivity index (χ4v) is 9.05. The van der Waals surface area contributed by atoms with Gasteiger partial charge in [0.25, 0.3) is 0 Å². The molecule has 1 fully saturated rings. The van der Waals surface area contributed by atoms with Crippen LogP contribution in [0.25, 0.3) is 10.9 Å². The highest BCUT2D eigenvalue weighted by Crippen LogP contribution is 2.23. The Balaban J connectivity index is 1.32. The first-order valence-electron chi connectivity index (χ1n) is 25.1. The van der Waals surface area contributed by atoms with Gasteiger partial charge in [-0.1, -0.05) is 69.7 Å². The minimum Gasteiger partial charge on any atom is -0.480 e. The number of aliphatic carboxylic acids is 4. The van der Waals surface area contributed by atoms with Crippen molar-refractivity contribution in [3.05, 3.63) is 71.4 Å². The Morgan fingerprint density at radius 2 is 1.23 bits per heavy atom. The maximum Gasteiger partial charge on any atom is 0.320 e. The third kappa shape index (κ3) is 20.5. The van der Waals surface area contributed by atoms with Crippen LogP contribution in [0.4, 0.5) is 0 Å². The van der Waals surface area contributed by atoms with Crippen LogP contribution in [0, 0.1) is 17.8 Å². The molecule has 2 aromatic carbocycles. The summed E-state index contributed by atoms with van der Waals surface area (Å²) in [5, 5.41) is 45.7. The van der Waals surface area contributed by atoms with E-state index in [0.717, 1.165) is 27.6 Å². The van der Waals surface area contributed by atoms with E-state index in [1.807, 2.05) is 56.4 Å². The lowest BCUT2D eigenvalue weighted by atomic mass is 9.87. The monoisotopic (exact) mass is 1020 g/mol. The number of carboxylic acid groups (broad SMARTS) is 4. The summed E-state index contributed by atoms with van der Waals surface area (Å²) in [5.41, 5.74) is 8.95. The summed E-state index contributed by atoms with van der Waals surface area (Å²) in [6.45, 7) is 5.87. The Morgan fingerprint density at radius 1 is 0.685 bits per heavy atom. The van der Waals surface area contributed by atoms with Crippen LogP contribution in [0.1, 0.15) is 82.4 Å². The smallest absolute Gasteiger partial charge is 0.320 e. The second-order valence-electron chi connectivity index (χ2n) is 19.2. The molecule has 400 valence electrons. The minimum absolute atomic E-state index is 0.0383. The Bertz CT molecular complexity index is 2330. The molecule has 3 aromatic rings. The molecule has 0 aliphatic carbocycles. The number of hydrogen-bond donors (Lipinski definition) is 8. The third-order valence-electron chi connectivity index (χ3n) is 13.6. The van der Waals surface area contributed by atoms with Gasteiger partial charge < -0.3 is 41.8 Å². The van der Waals surface area contributed by atoms with Crippen molar-refractivity contribution in [2.75, 3.05) is 72.0 Å². The standard InChI is InChI=1S/C52H74N8O13/c1-4-34(2)49(56-50(70)35(3)27-39-30-54-42-8-6-5-7-41(39)42)44(62)28-38(14-18-45(53)63)51(71)55-29-37-11-9-36(10-12-37)13-15-40(61)16-17-43(52(72)73)60-25-23-58(32-47(66)67)21-19-57(31-46(64)65)20-22-59(24-26-60)33-48(68)69/h5-12,30,34-35,38,43,49,54H,4,13-29,31-33H2,1-3H3,(H2,53,63)(H,55,71)(H,56,70)(H,64,65)(H,66,67)(H,68,69)(H,72,73)/t34?,35-,38+,43?,49-/m0/s1. The molecule has 1 saturated heterocycles. The number of aromatic amines is 1. The van der Waals surface area contributed by atoms with E-state index in [1.54, 1.807) is 38.7 Å². The number of nitrogens with two attached hydrogens (primary N) is 1. The Labute approximate surface area is 425 Å². The number of benzene rings is 2. The fraction of sp³-hybridized carbons (Fsp3) is 0.558. The molecule has 2 heterocycles. The number of aryl methyl sites for hydroxylation is 1. The number of carboxylic acids is 4. The van der Waals surface area contributed by atoms with Gasteiger partial charge in [0.2, 0.25) is 17.7 Å². The maximum absolute atomic E-state index is 13.9. The number of primary amides is 1. The van der Waals surface area contributed by atoms with E-state index in [1.165, 1.54) is 0 Å². The van der Waals surface area contributed by atoms with Crippen LogP contribution in [0.5, 0.6) is 0 Å². The summed E-state index contributed by atoms with van der Waals surface area (Å²) in [6.07, 6.45) is 3.01. The zero-order valence-electron chi connectivity index (χ0n) is 42.3. The Hall–Kier alpha value is -6.55. The summed E-state index contributed by atoms with van der Waals surface area (Å²) >= 11 is 0. The maximum atomic E-state index is 13.9. The van der Waals surface area contributed by atoms with Crippen molar-refractivity contribution < 1.29 is 63.6 Å². The van der Waals surface area contributed by atoms with Gasteiger partial charge in [0.05, 0.1) is 25.7 Å². The number of rotatable bonds is 29. The lowest BCUT2D eigenvalue weighted by Crippen LogP contribution is -2.51. The van der Waals surface area contributed by atoms with E-state index in [9.17, 15) is 63.6 Å². The molecule has 0 radical (unpaired) electrons. The van der Waals surface area contributed by atoms with E-state index in [0.29, 0.717) is 19.3 Å². The second kappa shape index (κ2) is 29.8. The summed E-state index contributed by atoms with van der Waals surface area (Å²) in [6, 6.07) is 13.0. The van der Waals surface area contributed by atoms with Gasteiger partial charge in [-0.15, -0.1) is 0 Å². The average molecular weight is 1020 g/mol. The van der Waals surface area contributed by atoms with E-state index >= 15 is 0 Å². The molecule has 2 unspecified atom stereocenters. The predicted octanol–water partition coefficient (Wildman–Crippen LogP) is 2.25. The van der Waals surface area contributed by atoms with E-state index in [2.05, 4.69) is 15.6 Å². The number of carbonyl (C=O) groups excluding carboxylic acids is 5. The van der Waals surface area contributed by atoms with Gasteiger partial charge in [0, 0.05) is 114 Å². The van der Waals surface area contributed by atoms with Gasteiger partial charge in [-0.25, -0.2) is 0 Å². The number of ketones is 2. The normalized spacial score (nSPS) is 16.7. The van der Waals surface area contributed by atoms with Crippen LogP contribution >= 0.6 is 0 Å². The number of H-pyrrole nitrogens is 1. The lowest BCUT2D eigenvalue weighted by molar-refractivity contribution is -0.145. The predicted molar refractivity (Wildman–Crippen MR) is 270 cm³/mol. The van der Waals surface area contributed by atoms with Crippen LogP contribution < -0.4 is 16.4 Å². The second-order valence-corrected chi connectivity index (χ2v) is 19.2. The first-order valence-corrected chi connectivity index (χ1v) is 25.1. The summed E-state index contributed by atoms with van der Waals surface area (Å²) < 4.78 is 0. The van der Waals surface area contributed by atoms with E-state index in [4.69, 9.17) is 5.73 Å². The molecule has 3 amide bonds. The van der Waals surface area contributed by atoms with Crippen molar-refractivity contribution in [2.24, 2.45) is 23.5 Å². The van der Waals surface area contributed by atoms with Gasteiger partial charge in [-0.3, -0.25) is 62.8 Å². The Kier molecular flexibility index (Phi) is 24.1. The molecule has 21 nitrogen and oxygen atoms in total. The van der Waals surface area contributed by atoms with E-state index in [-0.39, 0.29) is 140 Å². The molecular weight excluding hydrogens is 945 g/mol. The molecule has 4 rings (SSSR count). The molecular formula is C52H74N8O13. The van der Waals surface area contributed by atoms with Crippen molar-refractivity contribution in [3.63, 3.8) is 0 Å². The zero-order chi connectivity index (χ0) is 53.6. The van der Waals surface area contributed by atoms with Crippen molar-refractivity contribution in [3.8, 4) is 0 Å². The molecule has 73 heavy (non-hydrogen) atoms. The first kappa shape index (κ1) is 59.0. The van der Waals surface area contributed by atoms with Crippen molar-refractivity contribution in [2.45, 2.75) is 97.2 Å². The number of nitrogens with one attached hydrogen (secondary N) is 3. The topological polar surface area (TPSA) is 313 Å². The number of fused-ring (bicyclic) bond motifs is 1. The molecule has 1 aromatic heterocycles. The number of Topliss-reactive ketones (excluding diaryl/α,β-unsaturated/α-hetero) is 2. The van der Waals surface area contributed by atoms with Gasteiger partial charge in [-0.05, 0) is 54.4 Å². The fourth-order valence-electron chi connectivity index (χ4n) is 9.05. The average Bonchev–Trinajstić information content (AvgIpc) is 3.75. The SMILES string of the molecule is CCC(C)[C@H](NC(=O)[C@@H](C)Cc1c[nH]c2ccccc12)C(=O)C[C@@H](CCC(N)=O)C(=O)NCc1ccc(CCC(=O)CCC(C(=O)O)N2CCN(CC(=O)O)CCN(CC(=O)O)CCN(CC(=O)O)CC2)cc1. The first-order chi connectivity index (χ1) is 34.7.